The molecule has 1 aliphatic carbocycles. The number of carbonyl (C=O) groups excluding carboxylic acids is 1. The van der Waals surface area contributed by atoms with Gasteiger partial charge in [-0.05, 0) is 6.08 Å². The maximum absolute atomic E-state index is 11.0. The minimum atomic E-state index is -1.23. The summed E-state index contributed by atoms with van der Waals surface area (Å²) in [4.78, 5) is 11.0. The highest BCUT2D eigenvalue weighted by Gasteiger charge is 2.31. The number of rotatable bonds is 1. The Kier molecular flexibility index (Phi) is 3.02. The Labute approximate surface area is 75.3 Å². The Balaban J connectivity index is 2.78. The van der Waals surface area contributed by atoms with Gasteiger partial charge < -0.3 is 20.1 Å². The predicted octanol–water partition coefficient (Wildman–Crippen LogP) is -1.43. The minimum absolute atomic E-state index is 0.00486. The lowest BCUT2D eigenvalue weighted by Gasteiger charge is -2.26. The monoisotopic (exact) mass is 188 g/mol. The van der Waals surface area contributed by atoms with Gasteiger partial charge in [0, 0.05) is 12.0 Å². The van der Waals surface area contributed by atoms with E-state index in [4.69, 9.17) is 10.2 Å². The maximum Gasteiger partial charge on any atom is 0.333 e. The number of aliphatic hydroxyl groups excluding tert-OH is 3. The summed E-state index contributed by atoms with van der Waals surface area (Å²) in [7, 11) is 1.22. The van der Waals surface area contributed by atoms with E-state index in [1.54, 1.807) is 0 Å². The SMILES string of the molecule is COC(=O)C1=CC(O)C(O)C(O)C1. The van der Waals surface area contributed by atoms with Gasteiger partial charge >= 0.3 is 5.97 Å². The molecule has 0 fully saturated rings. The molecular weight excluding hydrogens is 176 g/mol. The zero-order chi connectivity index (χ0) is 10.0. The fourth-order valence-corrected chi connectivity index (χ4v) is 1.23. The lowest BCUT2D eigenvalue weighted by atomic mass is 9.92. The largest absolute Gasteiger partial charge is 0.466 e. The molecule has 0 spiro atoms. The molecule has 0 aliphatic heterocycles. The van der Waals surface area contributed by atoms with E-state index in [0.29, 0.717) is 0 Å². The highest BCUT2D eigenvalue weighted by Crippen LogP contribution is 2.20. The number of aliphatic hydroxyl groups is 3. The second-order valence-electron chi connectivity index (χ2n) is 2.94. The molecule has 3 N–H and O–H groups in total. The van der Waals surface area contributed by atoms with Crippen molar-refractivity contribution in [2.75, 3.05) is 7.11 Å². The van der Waals surface area contributed by atoms with Crippen LogP contribution in [-0.4, -0.2) is 46.7 Å². The van der Waals surface area contributed by atoms with Gasteiger partial charge in [-0.2, -0.15) is 0 Å². The van der Waals surface area contributed by atoms with E-state index < -0.39 is 24.3 Å². The molecule has 3 unspecified atom stereocenters. The number of hydrogen-bond acceptors (Lipinski definition) is 5. The molecule has 5 nitrogen and oxygen atoms in total. The van der Waals surface area contributed by atoms with Crippen LogP contribution in [0.3, 0.4) is 0 Å². The van der Waals surface area contributed by atoms with Crippen LogP contribution in [0.4, 0.5) is 0 Å². The molecule has 5 heteroatoms. The Morgan fingerprint density at radius 2 is 2.15 bits per heavy atom. The molecule has 0 aromatic rings. The van der Waals surface area contributed by atoms with Crippen LogP contribution in [0.1, 0.15) is 6.42 Å². The smallest absolute Gasteiger partial charge is 0.333 e. The van der Waals surface area contributed by atoms with Gasteiger partial charge in [-0.1, -0.05) is 0 Å². The van der Waals surface area contributed by atoms with Crippen molar-refractivity contribution >= 4 is 5.97 Å². The van der Waals surface area contributed by atoms with E-state index in [1.807, 2.05) is 0 Å². The summed E-state index contributed by atoms with van der Waals surface area (Å²) in [5.74, 6) is -0.593. The van der Waals surface area contributed by atoms with Crippen LogP contribution in [0, 0.1) is 0 Å². The van der Waals surface area contributed by atoms with Crippen LogP contribution in [0.5, 0.6) is 0 Å². The predicted molar refractivity (Wildman–Crippen MR) is 42.7 cm³/mol. The summed E-state index contributed by atoms with van der Waals surface area (Å²) in [6, 6.07) is 0. The standard InChI is InChI=1S/C8H12O5/c1-13-8(12)4-2-5(9)7(11)6(10)3-4/h2,5-7,9-11H,3H2,1H3. The van der Waals surface area contributed by atoms with Crippen LogP contribution < -0.4 is 0 Å². The van der Waals surface area contributed by atoms with Gasteiger partial charge in [-0.3, -0.25) is 0 Å². The number of ether oxygens (including phenoxy) is 1. The van der Waals surface area contributed by atoms with Gasteiger partial charge in [0.05, 0.1) is 13.2 Å². The van der Waals surface area contributed by atoms with Crippen molar-refractivity contribution in [3.63, 3.8) is 0 Å². The fraction of sp³-hybridized carbons (Fsp3) is 0.625. The first kappa shape index (κ1) is 10.2. The van der Waals surface area contributed by atoms with Gasteiger partial charge in [-0.25, -0.2) is 4.79 Å². The number of carbonyl (C=O) groups is 1. The van der Waals surface area contributed by atoms with Crippen molar-refractivity contribution in [3.05, 3.63) is 11.6 Å². The lowest BCUT2D eigenvalue weighted by Crippen LogP contribution is -2.40. The van der Waals surface area contributed by atoms with E-state index in [9.17, 15) is 9.90 Å². The summed E-state index contributed by atoms with van der Waals surface area (Å²) < 4.78 is 4.41. The first-order valence-corrected chi connectivity index (χ1v) is 3.89. The summed E-state index contributed by atoms with van der Waals surface area (Å²) in [5.41, 5.74) is 0.188. The molecular formula is C8H12O5. The summed E-state index contributed by atoms with van der Waals surface area (Å²) in [6.07, 6.45) is -2.35. The Morgan fingerprint density at radius 1 is 1.54 bits per heavy atom. The van der Waals surface area contributed by atoms with Gasteiger partial charge in [-0.15, -0.1) is 0 Å². The number of methoxy groups -OCH3 is 1. The molecule has 0 bridgehead atoms. The quantitative estimate of drug-likeness (QED) is 0.439. The summed E-state index contributed by atoms with van der Waals surface area (Å²) in [6.45, 7) is 0. The average Bonchev–Trinajstić information content (AvgIpc) is 2.12. The molecule has 0 aromatic heterocycles. The van der Waals surface area contributed by atoms with Gasteiger partial charge in [0.1, 0.15) is 12.2 Å². The second kappa shape index (κ2) is 3.87. The molecule has 3 atom stereocenters. The maximum atomic E-state index is 11.0. The van der Waals surface area contributed by atoms with Crippen molar-refractivity contribution in [1.82, 2.24) is 0 Å². The fourth-order valence-electron chi connectivity index (χ4n) is 1.23. The van der Waals surface area contributed by atoms with Gasteiger partial charge in [0.25, 0.3) is 0 Å². The molecule has 0 saturated carbocycles. The zero-order valence-corrected chi connectivity index (χ0v) is 7.17. The highest BCUT2D eigenvalue weighted by molar-refractivity contribution is 5.88. The number of hydrogen-bond donors (Lipinski definition) is 3. The normalized spacial score (nSPS) is 33.8. The van der Waals surface area contributed by atoms with E-state index in [1.165, 1.54) is 13.2 Å². The lowest BCUT2D eigenvalue weighted by molar-refractivity contribution is -0.137. The first-order valence-electron chi connectivity index (χ1n) is 3.89. The molecule has 0 radical (unpaired) electrons. The molecule has 1 aliphatic rings. The number of esters is 1. The third-order valence-electron chi connectivity index (χ3n) is 1.99. The van der Waals surface area contributed by atoms with Crippen molar-refractivity contribution in [2.45, 2.75) is 24.7 Å². The first-order chi connectivity index (χ1) is 6.06. The minimum Gasteiger partial charge on any atom is -0.466 e. The van der Waals surface area contributed by atoms with Gasteiger partial charge in [0.2, 0.25) is 0 Å². The Morgan fingerprint density at radius 3 is 2.62 bits per heavy atom. The Bertz CT molecular complexity index is 235. The molecule has 1 rings (SSSR count). The Hall–Kier alpha value is -0.910. The topological polar surface area (TPSA) is 87.0 Å². The third-order valence-corrected chi connectivity index (χ3v) is 1.99. The highest BCUT2D eigenvalue weighted by atomic mass is 16.5. The van der Waals surface area contributed by atoms with Crippen LogP contribution in [-0.2, 0) is 9.53 Å². The van der Waals surface area contributed by atoms with E-state index >= 15 is 0 Å². The molecule has 13 heavy (non-hydrogen) atoms. The molecule has 0 heterocycles. The third kappa shape index (κ3) is 2.06. The van der Waals surface area contributed by atoms with Crippen LogP contribution in [0.25, 0.3) is 0 Å². The van der Waals surface area contributed by atoms with Crippen molar-refractivity contribution < 1.29 is 24.9 Å². The zero-order valence-electron chi connectivity index (χ0n) is 7.17. The van der Waals surface area contributed by atoms with Crippen LogP contribution in [0.15, 0.2) is 11.6 Å². The van der Waals surface area contributed by atoms with Gasteiger partial charge in [0.15, 0.2) is 0 Å². The van der Waals surface area contributed by atoms with Crippen molar-refractivity contribution in [1.29, 1.82) is 0 Å². The van der Waals surface area contributed by atoms with Crippen molar-refractivity contribution in [2.24, 2.45) is 0 Å². The summed E-state index contributed by atoms with van der Waals surface area (Å²) >= 11 is 0. The van der Waals surface area contributed by atoms with E-state index in [0.717, 1.165) is 0 Å². The molecule has 74 valence electrons. The van der Waals surface area contributed by atoms with Crippen molar-refractivity contribution in [3.8, 4) is 0 Å². The van der Waals surface area contributed by atoms with Crippen LogP contribution >= 0.6 is 0 Å². The van der Waals surface area contributed by atoms with E-state index in [-0.39, 0.29) is 12.0 Å². The molecule has 0 saturated heterocycles. The average molecular weight is 188 g/mol. The second-order valence-corrected chi connectivity index (χ2v) is 2.94. The molecule has 0 aromatic carbocycles. The summed E-state index contributed by atoms with van der Waals surface area (Å²) in [5, 5.41) is 27.5. The van der Waals surface area contributed by atoms with E-state index in [2.05, 4.69) is 4.74 Å². The van der Waals surface area contributed by atoms with Crippen LogP contribution in [0.2, 0.25) is 0 Å². The molecule has 0 amide bonds.